The SMILES string of the molecule is FC(F)(F)Oc1ccccc1CNc1nc(CN2CCOCC2)nc2sc3c(c12)CCC3. The van der Waals surface area contributed by atoms with Crippen LogP contribution in [0.4, 0.5) is 19.0 Å². The number of ether oxygens (including phenoxy) is 2. The Morgan fingerprint density at radius 1 is 1.12 bits per heavy atom. The highest BCUT2D eigenvalue weighted by Crippen LogP contribution is 2.40. The van der Waals surface area contributed by atoms with Crippen molar-refractivity contribution in [2.45, 2.75) is 38.7 Å². The fraction of sp³-hybridized carbons (Fsp3) is 0.455. The predicted octanol–water partition coefficient (Wildman–Crippen LogP) is 4.52. The van der Waals surface area contributed by atoms with Crippen molar-refractivity contribution in [2.24, 2.45) is 0 Å². The van der Waals surface area contributed by atoms with Crippen molar-refractivity contribution < 1.29 is 22.6 Å². The van der Waals surface area contributed by atoms with Crippen molar-refractivity contribution in [2.75, 3.05) is 31.6 Å². The van der Waals surface area contributed by atoms with Crippen LogP contribution in [-0.4, -0.2) is 47.5 Å². The smallest absolute Gasteiger partial charge is 0.405 e. The number of thiophene rings is 1. The molecule has 1 N–H and O–H groups in total. The minimum absolute atomic E-state index is 0.167. The van der Waals surface area contributed by atoms with Crippen LogP contribution in [0.3, 0.4) is 0 Å². The summed E-state index contributed by atoms with van der Waals surface area (Å²) >= 11 is 1.70. The predicted molar refractivity (Wildman–Crippen MR) is 116 cm³/mol. The van der Waals surface area contributed by atoms with Crippen LogP contribution >= 0.6 is 11.3 Å². The van der Waals surface area contributed by atoms with Crippen LogP contribution in [0, 0.1) is 0 Å². The molecule has 3 aromatic rings. The van der Waals surface area contributed by atoms with E-state index < -0.39 is 6.36 Å². The van der Waals surface area contributed by atoms with Gasteiger partial charge in [0, 0.05) is 30.1 Å². The zero-order valence-corrected chi connectivity index (χ0v) is 18.2. The van der Waals surface area contributed by atoms with Crippen LogP contribution < -0.4 is 10.1 Å². The summed E-state index contributed by atoms with van der Waals surface area (Å²) in [6.45, 7) is 3.82. The van der Waals surface area contributed by atoms with Gasteiger partial charge in [-0.25, -0.2) is 9.97 Å². The summed E-state index contributed by atoms with van der Waals surface area (Å²) < 4.78 is 48.0. The molecular weight excluding hydrogens is 441 g/mol. The number of alkyl halides is 3. The van der Waals surface area contributed by atoms with Gasteiger partial charge in [-0.15, -0.1) is 24.5 Å². The number of anilines is 1. The van der Waals surface area contributed by atoms with Crippen LogP contribution in [0.25, 0.3) is 10.2 Å². The summed E-state index contributed by atoms with van der Waals surface area (Å²) in [7, 11) is 0. The molecule has 2 aliphatic rings. The number of aromatic nitrogens is 2. The third-order valence-electron chi connectivity index (χ3n) is 5.72. The van der Waals surface area contributed by atoms with Gasteiger partial charge in [0.1, 0.15) is 22.2 Å². The Labute approximate surface area is 187 Å². The molecule has 0 unspecified atom stereocenters. The Morgan fingerprint density at radius 3 is 2.75 bits per heavy atom. The molecule has 32 heavy (non-hydrogen) atoms. The van der Waals surface area contributed by atoms with E-state index in [4.69, 9.17) is 14.7 Å². The van der Waals surface area contributed by atoms with Gasteiger partial charge in [-0.3, -0.25) is 4.90 Å². The maximum atomic E-state index is 12.8. The molecule has 10 heteroatoms. The van der Waals surface area contributed by atoms with E-state index in [1.165, 1.54) is 22.6 Å². The van der Waals surface area contributed by atoms with Gasteiger partial charge in [0.15, 0.2) is 0 Å². The van der Waals surface area contributed by atoms with Gasteiger partial charge in [0.2, 0.25) is 0 Å². The van der Waals surface area contributed by atoms with E-state index >= 15 is 0 Å². The van der Waals surface area contributed by atoms with Gasteiger partial charge < -0.3 is 14.8 Å². The first-order chi connectivity index (χ1) is 15.5. The summed E-state index contributed by atoms with van der Waals surface area (Å²) in [5.74, 6) is 1.18. The fourth-order valence-electron chi connectivity index (χ4n) is 4.25. The van der Waals surface area contributed by atoms with Crippen LogP contribution in [0.15, 0.2) is 24.3 Å². The topological polar surface area (TPSA) is 59.5 Å². The Kier molecular flexibility index (Phi) is 5.92. The lowest BCUT2D eigenvalue weighted by Gasteiger charge is -2.25. The average Bonchev–Trinajstić information content (AvgIpc) is 3.33. The van der Waals surface area contributed by atoms with Gasteiger partial charge in [-0.1, -0.05) is 18.2 Å². The average molecular weight is 465 g/mol. The second-order valence-corrected chi connectivity index (χ2v) is 9.01. The monoisotopic (exact) mass is 464 g/mol. The molecule has 0 saturated carbocycles. The molecule has 1 aliphatic carbocycles. The Hall–Kier alpha value is -2.43. The summed E-state index contributed by atoms with van der Waals surface area (Å²) in [5.41, 5.74) is 1.68. The van der Waals surface area contributed by atoms with E-state index in [1.54, 1.807) is 23.5 Å². The first-order valence-electron chi connectivity index (χ1n) is 10.6. The number of nitrogens with one attached hydrogen (secondary N) is 1. The first-order valence-corrected chi connectivity index (χ1v) is 11.5. The van der Waals surface area contributed by atoms with Gasteiger partial charge in [-0.05, 0) is 30.9 Å². The largest absolute Gasteiger partial charge is 0.573 e. The molecule has 0 radical (unpaired) electrons. The second kappa shape index (κ2) is 8.84. The molecule has 0 amide bonds. The van der Waals surface area contributed by atoms with E-state index in [-0.39, 0.29) is 12.3 Å². The summed E-state index contributed by atoms with van der Waals surface area (Å²) in [4.78, 5) is 14.2. The molecule has 2 aromatic heterocycles. The van der Waals surface area contributed by atoms with Crippen molar-refractivity contribution in [3.05, 3.63) is 46.1 Å². The molecule has 1 saturated heterocycles. The maximum Gasteiger partial charge on any atom is 0.573 e. The van der Waals surface area contributed by atoms with Gasteiger partial charge in [0.25, 0.3) is 0 Å². The number of halogens is 3. The van der Waals surface area contributed by atoms with Crippen LogP contribution in [0.2, 0.25) is 0 Å². The summed E-state index contributed by atoms with van der Waals surface area (Å²) in [6, 6.07) is 6.17. The number of nitrogens with zero attached hydrogens (tertiary/aromatic N) is 3. The molecular formula is C22H23F3N4O2S. The van der Waals surface area contributed by atoms with Crippen molar-refractivity contribution in [1.29, 1.82) is 0 Å². The first kappa shape index (κ1) is 21.4. The van der Waals surface area contributed by atoms with Gasteiger partial charge in [0.05, 0.1) is 25.1 Å². The molecule has 1 fully saturated rings. The highest BCUT2D eigenvalue weighted by Gasteiger charge is 2.32. The number of morpholine rings is 1. The van der Waals surface area contributed by atoms with E-state index in [2.05, 4.69) is 15.0 Å². The Balaban J connectivity index is 1.45. The molecule has 1 aliphatic heterocycles. The highest BCUT2D eigenvalue weighted by atomic mass is 32.1. The highest BCUT2D eigenvalue weighted by molar-refractivity contribution is 7.19. The van der Waals surface area contributed by atoms with Crippen LogP contribution in [0.5, 0.6) is 5.75 Å². The molecule has 6 nitrogen and oxygen atoms in total. The molecule has 170 valence electrons. The normalized spacial score (nSPS) is 17.0. The number of fused-ring (bicyclic) bond motifs is 3. The number of hydrogen-bond donors (Lipinski definition) is 1. The summed E-state index contributed by atoms with van der Waals surface area (Å²) in [5, 5.41) is 4.29. The number of benzene rings is 1. The van der Waals surface area contributed by atoms with E-state index in [0.717, 1.165) is 42.6 Å². The van der Waals surface area contributed by atoms with Crippen LogP contribution in [-0.2, 0) is 30.7 Å². The van der Waals surface area contributed by atoms with Crippen molar-refractivity contribution in [1.82, 2.24) is 14.9 Å². The van der Waals surface area contributed by atoms with Crippen molar-refractivity contribution in [3.63, 3.8) is 0 Å². The lowest BCUT2D eigenvalue weighted by atomic mass is 10.1. The maximum absolute atomic E-state index is 12.8. The molecule has 5 rings (SSSR count). The third-order valence-corrected chi connectivity index (χ3v) is 6.91. The summed E-state index contributed by atoms with van der Waals surface area (Å²) in [6.07, 6.45) is -1.62. The molecule has 0 bridgehead atoms. The van der Waals surface area contributed by atoms with Crippen LogP contribution in [0.1, 0.15) is 28.2 Å². The Bertz CT molecular complexity index is 1110. The molecule has 0 spiro atoms. The molecule has 1 aromatic carbocycles. The zero-order chi connectivity index (χ0) is 22.1. The van der Waals surface area contributed by atoms with E-state index in [1.807, 2.05) is 0 Å². The lowest BCUT2D eigenvalue weighted by molar-refractivity contribution is -0.274. The van der Waals surface area contributed by atoms with Gasteiger partial charge in [-0.2, -0.15) is 0 Å². The number of hydrogen-bond acceptors (Lipinski definition) is 7. The molecule has 3 heterocycles. The number of para-hydroxylation sites is 1. The van der Waals surface area contributed by atoms with Crippen molar-refractivity contribution >= 4 is 27.4 Å². The second-order valence-electron chi connectivity index (χ2n) is 7.92. The van der Waals surface area contributed by atoms with E-state index in [9.17, 15) is 13.2 Å². The third kappa shape index (κ3) is 4.67. The number of rotatable bonds is 6. The standard InChI is InChI=1S/C22H23F3N4O2S/c23-22(24,25)31-16-6-2-1-4-14(16)12-26-20-19-15-5-3-7-17(15)32-21(19)28-18(27-20)13-29-8-10-30-11-9-29/h1-2,4,6H,3,5,7-13H2,(H,26,27,28). The lowest BCUT2D eigenvalue weighted by Crippen LogP contribution is -2.36. The minimum atomic E-state index is -4.74. The number of aryl methyl sites for hydroxylation is 2. The molecule has 0 atom stereocenters. The quantitative estimate of drug-likeness (QED) is 0.579. The zero-order valence-electron chi connectivity index (χ0n) is 17.4. The fourth-order valence-corrected chi connectivity index (χ4v) is 5.53. The van der Waals surface area contributed by atoms with E-state index in [0.29, 0.717) is 37.0 Å². The van der Waals surface area contributed by atoms with Gasteiger partial charge >= 0.3 is 6.36 Å². The Morgan fingerprint density at radius 2 is 1.94 bits per heavy atom. The minimum Gasteiger partial charge on any atom is -0.405 e. The van der Waals surface area contributed by atoms with Crippen molar-refractivity contribution in [3.8, 4) is 5.75 Å².